The number of hydrogen-bond donors (Lipinski definition) is 1. The Morgan fingerprint density at radius 1 is 1.21 bits per heavy atom. The maximum Gasteiger partial charge on any atom is 0.122 e. The highest BCUT2D eigenvalue weighted by Gasteiger charge is 2.20. The first-order valence-electron chi connectivity index (χ1n) is 7.16. The zero-order valence-electron chi connectivity index (χ0n) is 12.0. The van der Waals surface area contributed by atoms with E-state index in [0.29, 0.717) is 17.6 Å². The third-order valence-electron chi connectivity index (χ3n) is 4.41. The van der Waals surface area contributed by atoms with Gasteiger partial charge in [-0.05, 0) is 74.6 Å². The van der Waals surface area contributed by atoms with Crippen LogP contribution in [0.25, 0.3) is 0 Å². The molecule has 104 valence electrons. The molecule has 2 heteroatoms. The van der Waals surface area contributed by atoms with E-state index < -0.39 is 0 Å². The summed E-state index contributed by atoms with van der Waals surface area (Å²) in [4.78, 5) is 0. The molecule has 2 rings (SSSR count). The minimum atomic E-state index is 0.344. The summed E-state index contributed by atoms with van der Waals surface area (Å²) in [6.45, 7) is 8.59. The SMILES string of the molecule is C=CC1CCC(COc2ccc(O)c(C)c2C)CC1. The fourth-order valence-corrected chi connectivity index (χ4v) is 2.74. The summed E-state index contributed by atoms with van der Waals surface area (Å²) in [5, 5.41) is 9.63. The van der Waals surface area contributed by atoms with Gasteiger partial charge in [0.15, 0.2) is 0 Å². The molecule has 1 aliphatic rings. The van der Waals surface area contributed by atoms with E-state index in [2.05, 4.69) is 12.7 Å². The van der Waals surface area contributed by atoms with Crippen molar-refractivity contribution in [2.24, 2.45) is 11.8 Å². The molecule has 0 atom stereocenters. The number of allylic oxidation sites excluding steroid dienone is 1. The van der Waals surface area contributed by atoms with Crippen LogP contribution in [0, 0.1) is 25.7 Å². The molecule has 0 heterocycles. The molecule has 0 unspecified atom stereocenters. The highest BCUT2D eigenvalue weighted by atomic mass is 16.5. The standard InChI is InChI=1S/C17H24O2/c1-4-14-5-7-15(8-6-14)11-19-17-10-9-16(18)12(2)13(17)3/h4,9-10,14-15,18H,1,5-8,11H2,2-3H3. The molecule has 19 heavy (non-hydrogen) atoms. The molecule has 0 saturated heterocycles. The predicted octanol–water partition coefficient (Wildman–Crippen LogP) is 4.38. The molecule has 1 aromatic rings. The minimum absolute atomic E-state index is 0.344. The van der Waals surface area contributed by atoms with Crippen LogP contribution in [0.2, 0.25) is 0 Å². The summed E-state index contributed by atoms with van der Waals surface area (Å²) >= 11 is 0. The summed E-state index contributed by atoms with van der Waals surface area (Å²) in [7, 11) is 0. The van der Waals surface area contributed by atoms with Crippen LogP contribution >= 0.6 is 0 Å². The van der Waals surface area contributed by atoms with Gasteiger partial charge in [-0.2, -0.15) is 0 Å². The lowest BCUT2D eigenvalue weighted by Crippen LogP contribution is -2.19. The number of ether oxygens (including phenoxy) is 1. The van der Waals surface area contributed by atoms with Crippen molar-refractivity contribution in [3.63, 3.8) is 0 Å². The lowest BCUT2D eigenvalue weighted by atomic mass is 9.82. The second kappa shape index (κ2) is 6.14. The fourth-order valence-electron chi connectivity index (χ4n) is 2.74. The average molecular weight is 260 g/mol. The maximum atomic E-state index is 9.63. The predicted molar refractivity (Wildman–Crippen MR) is 78.7 cm³/mol. The van der Waals surface area contributed by atoms with Crippen molar-refractivity contribution in [3.8, 4) is 11.5 Å². The molecule has 1 saturated carbocycles. The first-order valence-corrected chi connectivity index (χ1v) is 7.16. The molecule has 2 nitrogen and oxygen atoms in total. The number of phenolic OH excluding ortho intramolecular Hbond substituents is 1. The third kappa shape index (κ3) is 3.31. The maximum absolute atomic E-state index is 9.63. The summed E-state index contributed by atoms with van der Waals surface area (Å²) in [6.07, 6.45) is 7.03. The van der Waals surface area contributed by atoms with E-state index in [1.165, 1.54) is 25.7 Å². The second-order valence-corrected chi connectivity index (χ2v) is 5.66. The van der Waals surface area contributed by atoms with E-state index in [-0.39, 0.29) is 0 Å². The summed E-state index contributed by atoms with van der Waals surface area (Å²) in [5.41, 5.74) is 1.95. The fraction of sp³-hybridized carbons (Fsp3) is 0.529. The van der Waals surface area contributed by atoms with Crippen LogP contribution in [0.3, 0.4) is 0 Å². The molecule has 1 aliphatic carbocycles. The first-order chi connectivity index (χ1) is 9.11. The van der Waals surface area contributed by atoms with Crippen LogP contribution in [0.4, 0.5) is 0 Å². The van der Waals surface area contributed by atoms with Gasteiger partial charge in [-0.15, -0.1) is 6.58 Å². The van der Waals surface area contributed by atoms with Crippen LogP contribution in [-0.4, -0.2) is 11.7 Å². The van der Waals surface area contributed by atoms with Gasteiger partial charge in [0.05, 0.1) is 6.61 Å². The van der Waals surface area contributed by atoms with Crippen molar-refractivity contribution in [1.82, 2.24) is 0 Å². The third-order valence-corrected chi connectivity index (χ3v) is 4.41. The Labute approximate surface area is 116 Å². The van der Waals surface area contributed by atoms with Crippen LogP contribution < -0.4 is 4.74 Å². The van der Waals surface area contributed by atoms with Crippen LogP contribution in [0.15, 0.2) is 24.8 Å². The Hall–Kier alpha value is -1.44. The van der Waals surface area contributed by atoms with Crippen molar-refractivity contribution >= 4 is 0 Å². The lowest BCUT2D eigenvalue weighted by Gasteiger charge is -2.26. The largest absolute Gasteiger partial charge is 0.508 e. The van der Waals surface area contributed by atoms with Crippen molar-refractivity contribution in [2.75, 3.05) is 6.61 Å². The Bertz CT molecular complexity index is 443. The smallest absolute Gasteiger partial charge is 0.122 e. The molecule has 0 radical (unpaired) electrons. The summed E-state index contributed by atoms with van der Waals surface area (Å²) in [5.74, 6) is 2.61. The summed E-state index contributed by atoms with van der Waals surface area (Å²) < 4.78 is 5.94. The minimum Gasteiger partial charge on any atom is -0.508 e. The van der Waals surface area contributed by atoms with E-state index >= 15 is 0 Å². The van der Waals surface area contributed by atoms with Crippen LogP contribution in [0.1, 0.15) is 36.8 Å². The molecular weight excluding hydrogens is 236 g/mol. The second-order valence-electron chi connectivity index (χ2n) is 5.66. The van der Waals surface area contributed by atoms with Crippen molar-refractivity contribution < 1.29 is 9.84 Å². The molecule has 1 aromatic carbocycles. The quantitative estimate of drug-likeness (QED) is 0.814. The van der Waals surface area contributed by atoms with Gasteiger partial charge >= 0.3 is 0 Å². The van der Waals surface area contributed by atoms with Gasteiger partial charge in [0, 0.05) is 0 Å². The van der Waals surface area contributed by atoms with E-state index in [1.54, 1.807) is 6.07 Å². The molecule has 0 amide bonds. The zero-order valence-corrected chi connectivity index (χ0v) is 12.0. The number of aromatic hydroxyl groups is 1. The Morgan fingerprint density at radius 3 is 2.53 bits per heavy atom. The summed E-state index contributed by atoms with van der Waals surface area (Å²) in [6, 6.07) is 3.58. The van der Waals surface area contributed by atoms with Gasteiger partial charge in [-0.25, -0.2) is 0 Å². The van der Waals surface area contributed by atoms with Gasteiger partial charge in [0.1, 0.15) is 11.5 Å². The number of benzene rings is 1. The first kappa shape index (κ1) is 14.0. The normalized spacial score (nSPS) is 23.1. The van der Waals surface area contributed by atoms with E-state index in [4.69, 9.17) is 4.74 Å². The molecule has 1 N–H and O–H groups in total. The highest BCUT2D eigenvalue weighted by Crippen LogP contribution is 2.32. The highest BCUT2D eigenvalue weighted by molar-refractivity contribution is 5.46. The van der Waals surface area contributed by atoms with Crippen LogP contribution in [0.5, 0.6) is 11.5 Å². The van der Waals surface area contributed by atoms with Gasteiger partial charge in [-0.1, -0.05) is 6.08 Å². The van der Waals surface area contributed by atoms with E-state index in [1.807, 2.05) is 19.9 Å². The van der Waals surface area contributed by atoms with Gasteiger partial charge < -0.3 is 9.84 Å². The lowest BCUT2D eigenvalue weighted by molar-refractivity contribution is 0.193. The topological polar surface area (TPSA) is 29.5 Å². The molecule has 0 aliphatic heterocycles. The number of rotatable bonds is 4. The Kier molecular flexibility index (Phi) is 4.52. The van der Waals surface area contributed by atoms with Gasteiger partial charge in [-0.3, -0.25) is 0 Å². The molecule has 1 fully saturated rings. The average Bonchev–Trinajstić information content (AvgIpc) is 2.45. The van der Waals surface area contributed by atoms with Crippen LogP contribution in [-0.2, 0) is 0 Å². The molecular formula is C17H24O2. The molecule has 0 bridgehead atoms. The van der Waals surface area contributed by atoms with E-state index in [0.717, 1.165) is 23.5 Å². The van der Waals surface area contributed by atoms with Crippen molar-refractivity contribution in [1.29, 1.82) is 0 Å². The molecule has 0 aromatic heterocycles. The zero-order chi connectivity index (χ0) is 13.8. The van der Waals surface area contributed by atoms with Gasteiger partial charge in [0.25, 0.3) is 0 Å². The number of phenols is 1. The van der Waals surface area contributed by atoms with Crippen molar-refractivity contribution in [2.45, 2.75) is 39.5 Å². The van der Waals surface area contributed by atoms with Crippen molar-refractivity contribution in [3.05, 3.63) is 35.9 Å². The van der Waals surface area contributed by atoms with E-state index in [9.17, 15) is 5.11 Å². The molecule has 0 spiro atoms. The Balaban J connectivity index is 1.89. The van der Waals surface area contributed by atoms with Gasteiger partial charge in [0.2, 0.25) is 0 Å². The number of hydrogen-bond acceptors (Lipinski definition) is 2. The monoisotopic (exact) mass is 260 g/mol. The Morgan fingerprint density at radius 2 is 1.89 bits per heavy atom.